The third-order valence-electron chi connectivity index (χ3n) is 9.96. The minimum Gasteiger partial charge on any atom is -0.457 e. The van der Waals surface area contributed by atoms with Crippen molar-refractivity contribution in [1.82, 2.24) is 0 Å². The van der Waals surface area contributed by atoms with E-state index in [1.165, 1.54) is 18.4 Å². The number of esters is 1. The number of halogens is 2. The normalized spacial score (nSPS) is 44.4. The predicted molar refractivity (Wildman–Crippen MR) is 126 cm³/mol. The van der Waals surface area contributed by atoms with E-state index in [0.717, 1.165) is 0 Å². The van der Waals surface area contributed by atoms with Gasteiger partial charge in [-0.1, -0.05) is 19.9 Å². The monoisotopic (exact) mass is 518 g/mol. The van der Waals surface area contributed by atoms with Crippen LogP contribution >= 0.6 is 11.8 Å². The van der Waals surface area contributed by atoms with Crippen LogP contribution in [0.3, 0.4) is 0 Å². The van der Waals surface area contributed by atoms with E-state index >= 15 is 4.39 Å². The Kier molecular flexibility index (Phi) is 5.11. The number of ether oxygens (including phenoxy) is 2. The van der Waals surface area contributed by atoms with E-state index in [9.17, 15) is 18.8 Å². The summed E-state index contributed by atoms with van der Waals surface area (Å²) in [6.45, 7) is 5.68. The van der Waals surface area contributed by atoms with E-state index in [1.54, 1.807) is 12.1 Å². The van der Waals surface area contributed by atoms with Crippen LogP contribution in [0.5, 0.6) is 0 Å². The van der Waals surface area contributed by atoms with Crippen LogP contribution in [-0.2, 0) is 19.1 Å². The van der Waals surface area contributed by atoms with E-state index < -0.39 is 45.0 Å². The van der Waals surface area contributed by atoms with Crippen molar-refractivity contribution in [3.63, 3.8) is 0 Å². The fraction of sp³-hybridized carbons (Fsp3) is 0.593. The highest BCUT2D eigenvalue weighted by molar-refractivity contribution is 8.13. The van der Waals surface area contributed by atoms with E-state index in [0.29, 0.717) is 30.2 Å². The molecule has 2 unspecified atom stereocenters. The van der Waals surface area contributed by atoms with Gasteiger partial charge in [-0.2, -0.15) is 0 Å². The third kappa shape index (κ3) is 2.73. The van der Waals surface area contributed by atoms with E-state index in [2.05, 4.69) is 0 Å². The van der Waals surface area contributed by atoms with Gasteiger partial charge in [0.05, 0.1) is 12.4 Å². The highest BCUT2D eigenvalue weighted by Crippen LogP contribution is 2.77. The van der Waals surface area contributed by atoms with Gasteiger partial charge in [0, 0.05) is 35.5 Å². The predicted octanol–water partition coefficient (Wildman–Crippen LogP) is 5.34. The van der Waals surface area contributed by atoms with Gasteiger partial charge in [-0.3, -0.25) is 9.59 Å². The third-order valence-corrected chi connectivity index (χ3v) is 10.6. The lowest BCUT2D eigenvalue weighted by molar-refractivity contribution is -0.155. The van der Waals surface area contributed by atoms with Crippen LogP contribution in [0.25, 0.3) is 0 Å². The number of hydrogen-bond donors (Lipinski definition) is 0. The van der Waals surface area contributed by atoms with Crippen molar-refractivity contribution in [2.75, 3.05) is 6.01 Å². The molecule has 1 aromatic heterocycles. The summed E-state index contributed by atoms with van der Waals surface area (Å²) < 4.78 is 46.9. The first-order valence-corrected chi connectivity index (χ1v) is 13.3. The number of alkyl halides is 1. The van der Waals surface area contributed by atoms with Crippen LogP contribution in [0, 0.1) is 28.6 Å². The van der Waals surface area contributed by atoms with Crippen molar-refractivity contribution in [2.24, 2.45) is 28.6 Å². The van der Waals surface area contributed by atoms with Crippen LogP contribution in [-0.4, -0.2) is 40.2 Å². The summed E-state index contributed by atoms with van der Waals surface area (Å²) >= 11 is 0.499. The zero-order valence-corrected chi connectivity index (χ0v) is 21.2. The molecule has 0 aromatic carbocycles. The molecule has 6 rings (SSSR count). The molecule has 3 fully saturated rings. The average Bonchev–Trinajstić information content (AvgIpc) is 3.20. The van der Waals surface area contributed by atoms with Crippen molar-refractivity contribution < 1.29 is 37.1 Å². The molecule has 1 aliphatic heterocycles. The van der Waals surface area contributed by atoms with Gasteiger partial charge in [0.25, 0.3) is 0 Å². The smallest absolute Gasteiger partial charge is 0.375 e. The summed E-state index contributed by atoms with van der Waals surface area (Å²) in [5, 5.41) is -0.544. The molecule has 2 heterocycles. The molecule has 0 bridgehead atoms. The van der Waals surface area contributed by atoms with Crippen LogP contribution in [0.2, 0.25) is 0 Å². The lowest BCUT2D eigenvalue weighted by atomic mass is 9.47. The van der Waals surface area contributed by atoms with Gasteiger partial charge in [-0.25, -0.2) is 13.6 Å². The average molecular weight is 519 g/mol. The highest BCUT2D eigenvalue weighted by atomic mass is 32.2. The Balaban J connectivity index is 1.46. The van der Waals surface area contributed by atoms with Gasteiger partial charge in [-0.05, 0) is 61.2 Å². The Morgan fingerprint density at radius 1 is 1.28 bits per heavy atom. The van der Waals surface area contributed by atoms with Crippen LogP contribution in [0.1, 0.15) is 57.0 Å². The number of epoxide rings is 1. The van der Waals surface area contributed by atoms with Gasteiger partial charge < -0.3 is 13.9 Å². The summed E-state index contributed by atoms with van der Waals surface area (Å²) in [6, 6.07) is 2.06. The Labute approximate surface area is 211 Å². The molecule has 6 nitrogen and oxygen atoms in total. The molecule has 192 valence electrons. The number of thioether (sulfide) groups is 1. The second kappa shape index (κ2) is 7.63. The molecule has 0 N–H and O–H groups in total. The van der Waals surface area contributed by atoms with Crippen molar-refractivity contribution in [3.05, 3.63) is 47.7 Å². The number of furan rings is 1. The largest absolute Gasteiger partial charge is 0.457 e. The Morgan fingerprint density at radius 2 is 2.06 bits per heavy atom. The summed E-state index contributed by atoms with van der Waals surface area (Å²) in [6.07, 6.45) is 5.36. The first-order chi connectivity index (χ1) is 17.0. The molecule has 8 atom stereocenters. The number of carbonyl (C=O) groups is 3. The van der Waals surface area contributed by atoms with Crippen LogP contribution in [0.15, 0.2) is 46.4 Å². The number of allylic oxidation sites excluding steroid dienone is 2. The molecule has 9 heteroatoms. The van der Waals surface area contributed by atoms with Crippen molar-refractivity contribution >= 4 is 28.6 Å². The maximum absolute atomic E-state index is 15.7. The lowest BCUT2D eigenvalue weighted by Gasteiger charge is -2.55. The van der Waals surface area contributed by atoms with Gasteiger partial charge in [-0.15, -0.1) is 0 Å². The molecule has 0 radical (unpaired) electrons. The van der Waals surface area contributed by atoms with Crippen LogP contribution < -0.4 is 0 Å². The minimum atomic E-state index is -1.63. The fourth-order valence-electron chi connectivity index (χ4n) is 8.38. The minimum absolute atomic E-state index is 0.0397. The number of ketones is 1. The van der Waals surface area contributed by atoms with Gasteiger partial charge in [0.1, 0.15) is 17.4 Å². The maximum atomic E-state index is 15.7. The zero-order chi connectivity index (χ0) is 25.7. The molecule has 1 spiro atoms. The second-order valence-electron chi connectivity index (χ2n) is 11.3. The van der Waals surface area contributed by atoms with Gasteiger partial charge in [0.15, 0.2) is 11.4 Å². The lowest BCUT2D eigenvalue weighted by Crippen LogP contribution is -2.62. The molecule has 5 aliphatic rings. The van der Waals surface area contributed by atoms with Crippen LogP contribution in [0.4, 0.5) is 8.78 Å². The Bertz CT molecular complexity index is 1220. The fourth-order valence-corrected chi connectivity index (χ4v) is 9.16. The molecular weight excluding hydrogens is 490 g/mol. The summed E-state index contributed by atoms with van der Waals surface area (Å²) in [7, 11) is 0. The summed E-state index contributed by atoms with van der Waals surface area (Å²) in [4.78, 5) is 38.9. The first-order valence-electron chi connectivity index (χ1n) is 12.3. The van der Waals surface area contributed by atoms with E-state index in [4.69, 9.17) is 13.9 Å². The first kappa shape index (κ1) is 24.1. The number of rotatable bonds is 4. The zero-order valence-electron chi connectivity index (χ0n) is 20.3. The van der Waals surface area contributed by atoms with Gasteiger partial charge in [0.2, 0.25) is 10.9 Å². The number of carbonyl (C=O) groups excluding carboxylic acids is 3. The molecule has 36 heavy (non-hydrogen) atoms. The van der Waals surface area contributed by atoms with E-state index in [-0.39, 0.29) is 48.2 Å². The SMILES string of the molecule is C[C@@H]1CC2C3CC(F)=C4CC(=O)C=C[C@]4(C)[C@@]34O[C@H]4C[C@]2(C)[C@@]1(OC(=O)c1ccco1)C(=O)SCF. The second-order valence-corrected chi connectivity index (χ2v) is 12.2. The van der Waals surface area contributed by atoms with Crippen molar-refractivity contribution in [2.45, 2.75) is 63.8 Å². The molecule has 1 saturated heterocycles. The van der Waals surface area contributed by atoms with E-state index in [1.807, 2.05) is 20.8 Å². The highest BCUT2D eigenvalue weighted by Gasteiger charge is 2.83. The molecule has 0 amide bonds. The van der Waals surface area contributed by atoms with Crippen molar-refractivity contribution in [1.29, 1.82) is 0 Å². The maximum Gasteiger partial charge on any atom is 0.375 e. The Morgan fingerprint density at radius 3 is 2.75 bits per heavy atom. The van der Waals surface area contributed by atoms with Gasteiger partial charge >= 0.3 is 5.97 Å². The Hall–Kier alpha value is -2.26. The van der Waals surface area contributed by atoms with Crippen molar-refractivity contribution in [3.8, 4) is 0 Å². The molecule has 4 aliphatic carbocycles. The molecule has 1 aromatic rings. The quantitative estimate of drug-likeness (QED) is 0.393. The summed E-state index contributed by atoms with van der Waals surface area (Å²) in [5.74, 6) is -2.20. The molecule has 2 saturated carbocycles. The molecular formula is C27H28F2O6S. The topological polar surface area (TPSA) is 86.1 Å². The summed E-state index contributed by atoms with van der Waals surface area (Å²) in [5.41, 5.74) is -3.50. The number of hydrogen-bond acceptors (Lipinski definition) is 7. The number of fused-ring (bicyclic) bond motifs is 3. The standard InChI is InChI=1S/C27H28F2O6S/c1-14-9-16-17-11-19(29)18-10-15(30)6-7-24(18,2)27(17)21(34-27)12-25(16,3)26(14,23(32)36-13-28)35-22(31)20-5-4-8-33-20/h4-8,14,16-17,21H,9-13H2,1-3H3/t14-,16?,17?,21+,24+,25+,26+,27-/m1/s1.